The van der Waals surface area contributed by atoms with Gasteiger partial charge in [0.2, 0.25) is 5.91 Å². The molecule has 0 spiro atoms. The third-order valence-electron chi connectivity index (χ3n) is 5.18. The van der Waals surface area contributed by atoms with E-state index in [9.17, 15) is 9.18 Å². The quantitative estimate of drug-likeness (QED) is 0.307. The lowest BCUT2D eigenvalue weighted by Gasteiger charge is -2.17. The summed E-state index contributed by atoms with van der Waals surface area (Å²) in [4.78, 5) is 12.7. The minimum absolute atomic E-state index is 0.134. The molecule has 0 bridgehead atoms. The van der Waals surface area contributed by atoms with Crippen LogP contribution in [0.1, 0.15) is 31.3 Å². The topological polar surface area (TPSA) is 69.0 Å². The molecule has 0 radical (unpaired) electrons. The number of amides is 1. The highest BCUT2D eigenvalue weighted by atomic mass is 32.2. The molecular formula is C26H25FN4O2S. The Morgan fingerprint density at radius 2 is 1.74 bits per heavy atom. The van der Waals surface area contributed by atoms with Crippen LogP contribution in [0.5, 0.6) is 5.75 Å². The van der Waals surface area contributed by atoms with Gasteiger partial charge in [0.1, 0.15) is 0 Å². The van der Waals surface area contributed by atoms with Crippen LogP contribution in [0.3, 0.4) is 0 Å². The zero-order valence-corrected chi connectivity index (χ0v) is 19.8. The SMILES string of the molecule is CCc1ccccc1NC(=O)CSc1nnc(C(C)Oc2ccccc2F)n1-c1ccccc1. The van der Waals surface area contributed by atoms with Crippen molar-refractivity contribution in [1.82, 2.24) is 14.8 Å². The second-order valence-electron chi connectivity index (χ2n) is 7.55. The van der Waals surface area contributed by atoms with Crippen molar-refractivity contribution in [3.05, 3.63) is 96.1 Å². The van der Waals surface area contributed by atoms with Crippen LogP contribution in [0, 0.1) is 5.82 Å². The fraction of sp³-hybridized carbons (Fsp3) is 0.192. The molecule has 174 valence electrons. The molecule has 1 atom stereocenters. The van der Waals surface area contributed by atoms with Crippen LogP contribution >= 0.6 is 11.8 Å². The van der Waals surface area contributed by atoms with Gasteiger partial charge in [-0.05, 0) is 49.2 Å². The van der Waals surface area contributed by atoms with E-state index in [1.165, 1.54) is 17.8 Å². The van der Waals surface area contributed by atoms with E-state index in [0.29, 0.717) is 11.0 Å². The Morgan fingerprint density at radius 1 is 1.03 bits per heavy atom. The van der Waals surface area contributed by atoms with E-state index in [2.05, 4.69) is 15.5 Å². The van der Waals surface area contributed by atoms with E-state index < -0.39 is 11.9 Å². The summed E-state index contributed by atoms with van der Waals surface area (Å²) >= 11 is 1.28. The first kappa shape index (κ1) is 23.5. The first-order valence-corrected chi connectivity index (χ1v) is 12.0. The minimum Gasteiger partial charge on any atom is -0.480 e. The summed E-state index contributed by atoms with van der Waals surface area (Å²) in [6.07, 6.45) is 0.249. The highest BCUT2D eigenvalue weighted by Crippen LogP contribution is 2.29. The summed E-state index contributed by atoms with van der Waals surface area (Å²) in [6.45, 7) is 3.84. The molecule has 0 fully saturated rings. The number of benzene rings is 3. The number of rotatable bonds is 9. The molecule has 4 rings (SSSR count). The number of aromatic nitrogens is 3. The Bertz CT molecular complexity index is 1260. The molecule has 1 unspecified atom stereocenters. The van der Waals surface area contributed by atoms with Crippen molar-refractivity contribution in [2.75, 3.05) is 11.1 Å². The monoisotopic (exact) mass is 476 g/mol. The van der Waals surface area contributed by atoms with E-state index in [4.69, 9.17) is 4.74 Å². The molecule has 1 heterocycles. The molecule has 3 aromatic carbocycles. The number of para-hydroxylation sites is 3. The van der Waals surface area contributed by atoms with Crippen molar-refractivity contribution in [3.63, 3.8) is 0 Å². The van der Waals surface area contributed by atoms with E-state index in [1.54, 1.807) is 25.1 Å². The van der Waals surface area contributed by atoms with Gasteiger partial charge >= 0.3 is 0 Å². The number of carbonyl (C=O) groups is 1. The van der Waals surface area contributed by atoms with Gasteiger partial charge in [-0.3, -0.25) is 9.36 Å². The molecule has 0 aliphatic carbocycles. The van der Waals surface area contributed by atoms with Crippen LogP contribution in [-0.2, 0) is 11.2 Å². The lowest BCUT2D eigenvalue weighted by atomic mass is 10.1. The van der Waals surface area contributed by atoms with Crippen molar-refractivity contribution < 1.29 is 13.9 Å². The zero-order chi connectivity index (χ0) is 23.9. The molecule has 0 aliphatic rings. The Morgan fingerprint density at radius 3 is 2.50 bits per heavy atom. The van der Waals surface area contributed by atoms with Crippen LogP contribution in [0.2, 0.25) is 0 Å². The standard InChI is InChI=1S/C26H25FN4O2S/c1-3-19-11-7-9-15-22(19)28-24(32)17-34-26-30-29-25(31(26)20-12-5-4-6-13-20)18(2)33-23-16-10-8-14-21(23)27/h4-16,18H,3,17H2,1-2H3,(H,28,32). The number of nitrogens with one attached hydrogen (secondary N) is 1. The van der Waals surface area contributed by atoms with Gasteiger partial charge in [0, 0.05) is 11.4 Å². The Labute approximate surface area is 202 Å². The maximum Gasteiger partial charge on any atom is 0.234 e. The molecule has 34 heavy (non-hydrogen) atoms. The average Bonchev–Trinajstić information content (AvgIpc) is 3.29. The molecule has 4 aromatic rings. The second kappa shape index (κ2) is 11.0. The summed E-state index contributed by atoms with van der Waals surface area (Å²) < 4.78 is 21.8. The van der Waals surface area contributed by atoms with Crippen LogP contribution in [0.15, 0.2) is 84.0 Å². The second-order valence-corrected chi connectivity index (χ2v) is 8.49. The van der Waals surface area contributed by atoms with Crippen LogP contribution < -0.4 is 10.1 Å². The number of thioether (sulfide) groups is 1. The van der Waals surface area contributed by atoms with Gasteiger partial charge in [-0.25, -0.2) is 4.39 Å². The highest BCUT2D eigenvalue weighted by molar-refractivity contribution is 7.99. The van der Waals surface area contributed by atoms with Gasteiger partial charge in [-0.15, -0.1) is 10.2 Å². The summed E-state index contributed by atoms with van der Waals surface area (Å²) in [6, 6.07) is 23.6. The van der Waals surface area contributed by atoms with Gasteiger partial charge in [0.15, 0.2) is 28.7 Å². The van der Waals surface area contributed by atoms with Crippen LogP contribution in [0.25, 0.3) is 5.69 Å². The first-order valence-electron chi connectivity index (χ1n) is 11.0. The fourth-order valence-electron chi connectivity index (χ4n) is 3.51. The molecule has 1 aromatic heterocycles. The van der Waals surface area contributed by atoms with Gasteiger partial charge in [-0.2, -0.15) is 0 Å². The summed E-state index contributed by atoms with van der Waals surface area (Å²) in [5, 5.41) is 12.2. The Balaban J connectivity index is 1.55. The van der Waals surface area contributed by atoms with Crippen molar-refractivity contribution in [1.29, 1.82) is 0 Å². The van der Waals surface area contributed by atoms with E-state index in [0.717, 1.165) is 23.4 Å². The number of aryl methyl sites for hydroxylation is 1. The number of ether oxygens (including phenoxy) is 1. The molecule has 8 heteroatoms. The van der Waals surface area contributed by atoms with Crippen molar-refractivity contribution in [3.8, 4) is 11.4 Å². The van der Waals surface area contributed by atoms with Gasteiger partial charge in [-0.1, -0.05) is 67.2 Å². The summed E-state index contributed by atoms with van der Waals surface area (Å²) in [5.74, 6) is 0.227. The zero-order valence-electron chi connectivity index (χ0n) is 18.9. The number of hydrogen-bond donors (Lipinski definition) is 1. The number of carbonyl (C=O) groups excluding carboxylic acids is 1. The molecule has 6 nitrogen and oxygen atoms in total. The predicted molar refractivity (Wildman–Crippen MR) is 132 cm³/mol. The van der Waals surface area contributed by atoms with Crippen molar-refractivity contribution in [2.24, 2.45) is 0 Å². The highest BCUT2D eigenvalue weighted by Gasteiger charge is 2.22. The normalized spacial score (nSPS) is 11.7. The number of halogens is 1. The number of hydrogen-bond acceptors (Lipinski definition) is 5. The first-order chi connectivity index (χ1) is 16.6. The lowest BCUT2D eigenvalue weighted by molar-refractivity contribution is -0.113. The van der Waals surface area contributed by atoms with Gasteiger partial charge in [0.25, 0.3) is 0 Å². The molecule has 1 amide bonds. The predicted octanol–water partition coefficient (Wildman–Crippen LogP) is 5.84. The molecule has 1 N–H and O–H groups in total. The number of nitrogens with zero attached hydrogens (tertiary/aromatic N) is 3. The average molecular weight is 477 g/mol. The van der Waals surface area contributed by atoms with Gasteiger partial charge in [0.05, 0.1) is 5.75 Å². The molecular weight excluding hydrogens is 451 g/mol. The minimum atomic E-state index is -0.579. The molecule has 0 saturated carbocycles. The lowest BCUT2D eigenvalue weighted by Crippen LogP contribution is -2.16. The van der Waals surface area contributed by atoms with Crippen molar-refractivity contribution in [2.45, 2.75) is 31.5 Å². The fourth-order valence-corrected chi connectivity index (χ4v) is 4.27. The summed E-state index contributed by atoms with van der Waals surface area (Å²) in [7, 11) is 0. The largest absolute Gasteiger partial charge is 0.480 e. The maximum atomic E-state index is 14.1. The van der Waals surface area contributed by atoms with E-state index in [-0.39, 0.29) is 17.4 Å². The number of anilines is 1. The smallest absolute Gasteiger partial charge is 0.234 e. The summed E-state index contributed by atoms with van der Waals surface area (Å²) in [5.41, 5.74) is 2.72. The van der Waals surface area contributed by atoms with E-state index >= 15 is 0 Å². The maximum absolute atomic E-state index is 14.1. The van der Waals surface area contributed by atoms with Crippen molar-refractivity contribution >= 4 is 23.4 Å². The Kier molecular flexibility index (Phi) is 7.59. The van der Waals surface area contributed by atoms with Crippen LogP contribution in [0.4, 0.5) is 10.1 Å². The Hall–Kier alpha value is -3.65. The van der Waals surface area contributed by atoms with Crippen LogP contribution in [-0.4, -0.2) is 26.4 Å². The third-order valence-corrected chi connectivity index (χ3v) is 6.11. The molecule has 0 aliphatic heterocycles. The van der Waals surface area contributed by atoms with Gasteiger partial charge < -0.3 is 10.1 Å². The molecule has 0 saturated heterocycles. The third kappa shape index (κ3) is 5.46. The van der Waals surface area contributed by atoms with E-state index in [1.807, 2.05) is 66.1 Å².